The van der Waals surface area contributed by atoms with E-state index in [9.17, 15) is 19.1 Å². The van der Waals surface area contributed by atoms with Crippen LogP contribution in [0.1, 0.15) is 23.6 Å². The number of carbonyl (C=O) groups is 2. The van der Waals surface area contributed by atoms with Gasteiger partial charge in [-0.25, -0.2) is 9.37 Å². The maximum Gasteiger partial charge on any atom is 0.295 e. The molecule has 170 valence electrons. The molecule has 2 aromatic carbocycles. The predicted molar refractivity (Wildman–Crippen MR) is 120 cm³/mol. The normalized spacial score (nSPS) is 17.5. The Bertz CT molecular complexity index is 1230. The standard InChI is InChI=1S/C24H21ClFN3O4/c1-33-19-7-6-16(13-18(19)25)22(30)20-21(15-4-2-5-17(26)12-15)29(24(32)23(20)31)10-3-9-28-11-8-27-14-28/h2,4-8,11-14,21,30H,3,9-10H2,1H3/b22-20-. The van der Waals surface area contributed by atoms with E-state index in [1.165, 1.54) is 42.3 Å². The molecule has 1 aliphatic rings. The Morgan fingerprint density at radius 2 is 2.03 bits per heavy atom. The number of likely N-dealkylation sites (tertiary alicyclic amines) is 1. The Balaban J connectivity index is 1.75. The lowest BCUT2D eigenvalue weighted by molar-refractivity contribution is -0.139. The summed E-state index contributed by atoms with van der Waals surface area (Å²) in [5, 5.41) is 11.3. The number of amides is 1. The summed E-state index contributed by atoms with van der Waals surface area (Å²) in [5.74, 6) is -2.09. The van der Waals surface area contributed by atoms with Gasteiger partial charge < -0.3 is 19.3 Å². The fourth-order valence-electron chi connectivity index (χ4n) is 3.95. The molecule has 1 unspecified atom stereocenters. The molecule has 1 saturated heterocycles. The smallest absolute Gasteiger partial charge is 0.295 e. The minimum absolute atomic E-state index is 0.116. The van der Waals surface area contributed by atoms with Gasteiger partial charge in [0.2, 0.25) is 0 Å². The fraction of sp³-hybridized carbons (Fsp3) is 0.208. The molecule has 33 heavy (non-hydrogen) atoms. The molecule has 1 aliphatic heterocycles. The van der Waals surface area contributed by atoms with Crippen LogP contribution in [0.4, 0.5) is 4.39 Å². The van der Waals surface area contributed by atoms with Crippen molar-refractivity contribution in [2.24, 2.45) is 0 Å². The summed E-state index contributed by atoms with van der Waals surface area (Å²) < 4.78 is 21.0. The van der Waals surface area contributed by atoms with E-state index in [4.69, 9.17) is 16.3 Å². The van der Waals surface area contributed by atoms with Crippen LogP contribution in [-0.4, -0.2) is 44.9 Å². The van der Waals surface area contributed by atoms with Crippen molar-refractivity contribution < 1.29 is 23.8 Å². The molecule has 1 aromatic heterocycles. The number of Topliss-reactive ketones (excluding diaryl/α,β-unsaturated/α-hetero) is 1. The summed E-state index contributed by atoms with van der Waals surface area (Å²) in [6, 6.07) is 9.25. The highest BCUT2D eigenvalue weighted by Crippen LogP contribution is 2.40. The molecule has 2 heterocycles. The molecule has 3 aromatic rings. The molecule has 4 rings (SSSR count). The number of hydrogen-bond donors (Lipinski definition) is 1. The lowest BCUT2D eigenvalue weighted by Crippen LogP contribution is -2.31. The number of rotatable bonds is 7. The van der Waals surface area contributed by atoms with Crippen LogP contribution in [0.15, 0.2) is 66.8 Å². The molecule has 1 atom stereocenters. The number of benzene rings is 2. The molecule has 7 nitrogen and oxygen atoms in total. The number of ether oxygens (including phenoxy) is 1. The second kappa shape index (κ2) is 9.46. The Morgan fingerprint density at radius 1 is 1.21 bits per heavy atom. The van der Waals surface area contributed by atoms with E-state index >= 15 is 0 Å². The van der Waals surface area contributed by atoms with Crippen LogP contribution in [0.5, 0.6) is 5.75 Å². The van der Waals surface area contributed by atoms with Crippen molar-refractivity contribution in [3.8, 4) is 5.75 Å². The molecule has 9 heteroatoms. The first kappa shape index (κ1) is 22.5. The molecule has 1 N–H and O–H groups in total. The van der Waals surface area contributed by atoms with Crippen molar-refractivity contribution in [2.75, 3.05) is 13.7 Å². The number of aliphatic hydroxyl groups excluding tert-OH is 1. The van der Waals surface area contributed by atoms with Crippen molar-refractivity contribution in [1.29, 1.82) is 0 Å². The van der Waals surface area contributed by atoms with Gasteiger partial charge in [-0.15, -0.1) is 0 Å². The number of halogens is 2. The van der Waals surface area contributed by atoms with E-state index in [1.54, 1.807) is 30.9 Å². The van der Waals surface area contributed by atoms with Gasteiger partial charge in [0.25, 0.3) is 11.7 Å². The van der Waals surface area contributed by atoms with Gasteiger partial charge in [0.1, 0.15) is 17.3 Å². The van der Waals surface area contributed by atoms with Crippen molar-refractivity contribution in [1.82, 2.24) is 14.5 Å². The summed E-state index contributed by atoms with van der Waals surface area (Å²) in [6.45, 7) is 0.803. The van der Waals surface area contributed by atoms with Gasteiger partial charge in [-0.05, 0) is 42.3 Å². The molecule has 0 spiro atoms. The highest BCUT2D eigenvalue weighted by atomic mass is 35.5. The number of aliphatic hydroxyl groups is 1. The van der Waals surface area contributed by atoms with E-state index in [0.29, 0.717) is 24.3 Å². The van der Waals surface area contributed by atoms with Crippen LogP contribution in [0, 0.1) is 5.82 Å². The van der Waals surface area contributed by atoms with E-state index in [1.807, 2.05) is 4.57 Å². The topological polar surface area (TPSA) is 84.7 Å². The molecule has 0 aliphatic carbocycles. The number of nitrogens with zero attached hydrogens (tertiary/aromatic N) is 3. The number of imidazole rings is 1. The fourth-order valence-corrected chi connectivity index (χ4v) is 4.20. The first-order valence-electron chi connectivity index (χ1n) is 10.2. The van der Waals surface area contributed by atoms with Crippen LogP contribution < -0.4 is 4.74 Å². The molecular weight excluding hydrogens is 449 g/mol. The average molecular weight is 470 g/mol. The monoisotopic (exact) mass is 469 g/mol. The quantitative estimate of drug-likeness (QED) is 0.318. The molecule has 0 saturated carbocycles. The number of ketones is 1. The van der Waals surface area contributed by atoms with Gasteiger partial charge >= 0.3 is 0 Å². The van der Waals surface area contributed by atoms with Crippen LogP contribution in [0.2, 0.25) is 5.02 Å². The zero-order valence-corrected chi connectivity index (χ0v) is 18.5. The van der Waals surface area contributed by atoms with Gasteiger partial charge in [-0.2, -0.15) is 0 Å². The third-order valence-corrected chi connectivity index (χ3v) is 5.80. The Morgan fingerprint density at radius 3 is 2.70 bits per heavy atom. The second-order valence-electron chi connectivity index (χ2n) is 7.55. The summed E-state index contributed by atoms with van der Waals surface area (Å²) in [5.41, 5.74) is 0.520. The van der Waals surface area contributed by atoms with Gasteiger partial charge in [-0.1, -0.05) is 23.7 Å². The first-order chi connectivity index (χ1) is 15.9. The molecule has 1 fully saturated rings. The Hall–Kier alpha value is -3.65. The van der Waals surface area contributed by atoms with Gasteiger partial charge in [0.15, 0.2) is 0 Å². The third kappa shape index (κ3) is 4.47. The van der Waals surface area contributed by atoms with E-state index in [2.05, 4.69) is 4.98 Å². The summed E-state index contributed by atoms with van der Waals surface area (Å²) in [6.07, 6.45) is 5.64. The number of carbonyl (C=O) groups excluding carboxylic acids is 2. The maximum absolute atomic E-state index is 14.1. The van der Waals surface area contributed by atoms with Crippen LogP contribution in [0.25, 0.3) is 5.76 Å². The number of aromatic nitrogens is 2. The van der Waals surface area contributed by atoms with Crippen LogP contribution in [-0.2, 0) is 16.1 Å². The summed E-state index contributed by atoms with van der Waals surface area (Å²) in [7, 11) is 1.46. The van der Waals surface area contributed by atoms with E-state index < -0.39 is 23.5 Å². The highest BCUT2D eigenvalue weighted by Gasteiger charge is 2.45. The predicted octanol–water partition coefficient (Wildman–Crippen LogP) is 4.20. The van der Waals surface area contributed by atoms with Crippen LogP contribution >= 0.6 is 11.6 Å². The molecule has 1 amide bonds. The molecule has 0 radical (unpaired) electrons. The summed E-state index contributed by atoms with van der Waals surface area (Å²) in [4.78, 5) is 31.3. The van der Waals surface area contributed by atoms with E-state index in [0.717, 1.165) is 0 Å². The first-order valence-corrected chi connectivity index (χ1v) is 10.6. The SMILES string of the molecule is COc1ccc(/C(O)=C2/C(=O)C(=O)N(CCCn3ccnc3)C2c2cccc(F)c2)cc1Cl. The van der Waals surface area contributed by atoms with Crippen LogP contribution in [0.3, 0.4) is 0 Å². The molecular formula is C24H21ClFN3O4. The Kier molecular flexibility index (Phi) is 6.46. The van der Waals surface area contributed by atoms with Crippen molar-refractivity contribution >= 4 is 29.1 Å². The lowest BCUT2D eigenvalue weighted by Gasteiger charge is -2.25. The number of methoxy groups -OCH3 is 1. The average Bonchev–Trinajstić information content (AvgIpc) is 3.41. The third-order valence-electron chi connectivity index (χ3n) is 5.50. The van der Waals surface area contributed by atoms with Gasteiger partial charge in [0.05, 0.1) is 30.1 Å². The largest absolute Gasteiger partial charge is 0.507 e. The Labute approximate surface area is 194 Å². The second-order valence-corrected chi connectivity index (χ2v) is 7.96. The molecule has 0 bridgehead atoms. The van der Waals surface area contributed by atoms with Gasteiger partial charge in [-0.3, -0.25) is 9.59 Å². The minimum atomic E-state index is -0.940. The van der Waals surface area contributed by atoms with Crippen molar-refractivity contribution in [3.05, 3.63) is 88.7 Å². The van der Waals surface area contributed by atoms with Crippen molar-refractivity contribution in [2.45, 2.75) is 19.0 Å². The van der Waals surface area contributed by atoms with Gasteiger partial charge in [0, 0.05) is 31.0 Å². The zero-order chi connectivity index (χ0) is 23.5. The number of hydrogen-bond acceptors (Lipinski definition) is 5. The zero-order valence-electron chi connectivity index (χ0n) is 17.7. The van der Waals surface area contributed by atoms with Crippen molar-refractivity contribution in [3.63, 3.8) is 0 Å². The summed E-state index contributed by atoms with van der Waals surface area (Å²) >= 11 is 6.19. The van der Waals surface area contributed by atoms with E-state index in [-0.39, 0.29) is 28.5 Å². The minimum Gasteiger partial charge on any atom is -0.507 e. The number of aryl methyl sites for hydroxylation is 1. The lowest BCUT2D eigenvalue weighted by atomic mass is 9.95. The maximum atomic E-state index is 14.1. The highest BCUT2D eigenvalue weighted by molar-refractivity contribution is 6.46.